The van der Waals surface area contributed by atoms with Crippen LogP contribution >= 0.6 is 0 Å². The summed E-state index contributed by atoms with van der Waals surface area (Å²) in [7, 11) is 1.41. The SMILES string of the molecule is CC.CCCC.CCCC.COc1ccc(C(F)(F)F)cc1. The number of hydrogen-bond donors (Lipinski definition) is 0. The van der Waals surface area contributed by atoms with E-state index in [-0.39, 0.29) is 0 Å². The summed E-state index contributed by atoms with van der Waals surface area (Å²) in [5.74, 6) is 0.419. The average molecular weight is 322 g/mol. The van der Waals surface area contributed by atoms with Gasteiger partial charge in [-0.2, -0.15) is 13.2 Å². The van der Waals surface area contributed by atoms with Crippen LogP contribution in [0.25, 0.3) is 0 Å². The van der Waals surface area contributed by atoms with Crippen molar-refractivity contribution >= 4 is 0 Å². The van der Waals surface area contributed by atoms with Gasteiger partial charge >= 0.3 is 6.18 Å². The molecule has 0 atom stereocenters. The molecule has 1 rings (SSSR count). The van der Waals surface area contributed by atoms with Crippen LogP contribution in [0.4, 0.5) is 13.2 Å². The first-order valence-electron chi connectivity index (χ1n) is 8.08. The van der Waals surface area contributed by atoms with Crippen molar-refractivity contribution in [2.45, 2.75) is 73.4 Å². The minimum atomic E-state index is -4.27. The van der Waals surface area contributed by atoms with E-state index in [0.29, 0.717) is 5.75 Å². The average Bonchev–Trinajstić information content (AvgIpc) is 2.56. The molecule has 22 heavy (non-hydrogen) atoms. The quantitative estimate of drug-likeness (QED) is 0.565. The van der Waals surface area contributed by atoms with Gasteiger partial charge in [0.1, 0.15) is 5.75 Å². The van der Waals surface area contributed by atoms with Crippen molar-refractivity contribution in [3.8, 4) is 5.75 Å². The smallest absolute Gasteiger partial charge is 0.416 e. The van der Waals surface area contributed by atoms with E-state index in [2.05, 4.69) is 27.7 Å². The lowest BCUT2D eigenvalue weighted by Gasteiger charge is -2.06. The summed E-state index contributed by atoms with van der Waals surface area (Å²) >= 11 is 0. The van der Waals surface area contributed by atoms with Crippen LogP contribution in [0.2, 0.25) is 0 Å². The second-order valence-electron chi connectivity index (χ2n) is 4.23. The fraction of sp³-hybridized carbons (Fsp3) is 0.667. The predicted molar refractivity (Wildman–Crippen MR) is 90.5 cm³/mol. The van der Waals surface area contributed by atoms with Crippen molar-refractivity contribution in [1.82, 2.24) is 0 Å². The number of rotatable bonds is 3. The third-order valence-electron chi connectivity index (χ3n) is 2.42. The molecule has 0 unspecified atom stereocenters. The van der Waals surface area contributed by atoms with Crippen molar-refractivity contribution in [3.05, 3.63) is 29.8 Å². The Bertz CT molecular complexity index is 297. The molecule has 0 aliphatic rings. The first kappa shape index (κ1) is 25.7. The van der Waals surface area contributed by atoms with Crippen LogP contribution in [0.5, 0.6) is 5.75 Å². The molecule has 0 N–H and O–H groups in total. The third kappa shape index (κ3) is 16.9. The molecule has 1 nitrogen and oxygen atoms in total. The first-order chi connectivity index (χ1) is 10.4. The Morgan fingerprint density at radius 2 is 1.09 bits per heavy atom. The van der Waals surface area contributed by atoms with Crippen LogP contribution in [-0.2, 0) is 6.18 Å². The Kier molecular flexibility index (Phi) is 20.9. The Morgan fingerprint density at radius 3 is 1.27 bits per heavy atom. The molecule has 0 saturated carbocycles. The van der Waals surface area contributed by atoms with E-state index in [1.54, 1.807) is 0 Å². The van der Waals surface area contributed by atoms with Gasteiger partial charge in [-0.15, -0.1) is 0 Å². The topological polar surface area (TPSA) is 9.23 Å². The molecule has 0 aliphatic heterocycles. The third-order valence-corrected chi connectivity index (χ3v) is 2.42. The molecule has 0 aliphatic carbocycles. The molecule has 0 heterocycles. The zero-order valence-electron chi connectivity index (χ0n) is 15.2. The maximum atomic E-state index is 12.0. The minimum absolute atomic E-state index is 0.419. The molecular formula is C18H33F3O. The van der Waals surface area contributed by atoms with Gasteiger partial charge in [0.15, 0.2) is 0 Å². The Labute approximate surface area is 134 Å². The number of alkyl halides is 3. The monoisotopic (exact) mass is 322 g/mol. The molecule has 0 spiro atoms. The Hall–Kier alpha value is -1.19. The van der Waals surface area contributed by atoms with Gasteiger partial charge in [-0.3, -0.25) is 0 Å². The molecule has 132 valence electrons. The van der Waals surface area contributed by atoms with Gasteiger partial charge in [0.25, 0.3) is 0 Å². The molecule has 1 aromatic carbocycles. The lowest BCUT2D eigenvalue weighted by Crippen LogP contribution is -2.03. The first-order valence-corrected chi connectivity index (χ1v) is 8.08. The van der Waals surface area contributed by atoms with Gasteiger partial charge in [-0.05, 0) is 24.3 Å². The number of benzene rings is 1. The lowest BCUT2D eigenvalue weighted by atomic mass is 10.2. The zero-order valence-corrected chi connectivity index (χ0v) is 15.2. The summed E-state index contributed by atoms with van der Waals surface area (Å²) in [4.78, 5) is 0. The van der Waals surface area contributed by atoms with E-state index in [1.807, 2.05) is 13.8 Å². The number of methoxy groups -OCH3 is 1. The normalized spacial score (nSPS) is 9.18. The fourth-order valence-corrected chi connectivity index (χ4v) is 0.780. The minimum Gasteiger partial charge on any atom is -0.497 e. The van der Waals surface area contributed by atoms with E-state index in [0.717, 1.165) is 12.1 Å². The second kappa shape index (κ2) is 17.9. The van der Waals surface area contributed by atoms with Crippen molar-refractivity contribution in [1.29, 1.82) is 0 Å². The van der Waals surface area contributed by atoms with E-state index < -0.39 is 11.7 Å². The largest absolute Gasteiger partial charge is 0.497 e. The molecule has 4 heteroatoms. The van der Waals surface area contributed by atoms with Crippen LogP contribution in [0, 0.1) is 0 Å². The number of halogens is 3. The van der Waals surface area contributed by atoms with E-state index >= 15 is 0 Å². The van der Waals surface area contributed by atoms with Crippen molar-refractivity contribution in [2.75, 3.05) is 7.11 Å². The highest BCUT2D eigenvalue weighted by Crippen LogP contribution is 2.29. The summed E-state index contributed by atoms with van der Waals surface area (Å²) < 4.78 is 40.7. The molecular weight excluding hydrogens is 289 g/mol. The molecule has 0 saturated heterocycles. The summed E-state index contributed by atoms with van der Waals surface area (Å²) in [6.07, 6.45) is 1.01. The van der Waals surface area contributed by atoms with Crippen LogP contribution in [0.3, 0.4) is 0 Å². The lowest BCUT2D eigenvalue weighted by molar-refractivity contribution is -0.137. The molecule has 0 fully saturated rings. The van der Waals surface area contributed by atoms with Crippen molar-refractivity contribution < 1.29 is 17.9 Å². The molecule has 0 amide bonds. The zero-order chi connectivity index (χ0) is 18.0. The second-order valence-corrected chi connectivity index (χ2v) is 4.23. The van der Waals surface area contributed by atoms with Crippen LogP contribution in [0.15, 0.2) is 24.3 Å². The van der Waals surface area contributed by atoms with Crippen molar-refractivity contribution in [3.63, 3.8) is 0 Å². The van der Waals surface area contributed by atoms with Gasteiger partial charge in [-0.1, -0.05) is 67.2 Å². The Morgan fingerprint density at radius 1 is 0.773 bits per heavy atom. The molecule has 0 radical (unpaired) electrons. The van der Waals surface area contributed by atoms with Crippen LogP contribution in [0.1, 0.15) is 72.8 Å². The summed E-state index contributed by atoms with van der Waals surface area (Å²) in [6.45, 7) is 12.7. The van der Waals surface area contributed by atoms with E-state index in [1.165, 1.54) is 44.9 Å². The summed E-state index contributed by atoms with van der Waals surface area (Å²) in [6, 6.07) is 4.53. The fourth-order valence-electron chi connectivity index (χ4n) is 0.780. The van der Waals surface area contributed by atoms with Crippen molar-refractivity contribution in [2.24, 2.45) is 0 Å². The molecule has 0 aromatic heterocycles. The molecule has 1 aromatic rings. The number of unbranched alkanes of at least 4 members (excludes halogenated alkanes) is 2. The van der Waals surface area contributed by atoms with Crippen LogP contribution in [-0.4, -0.2) is 7.11 Å². The highest BCUT2D eigenvalue weighted by molar-refractivity contribution is 5.28. The highest BCUT2D eigenvalue weighted by Gasteiger charge is 2.29. The summed E-state index contributed by atoms with van der Waals surface area (Å²) in [5, 5.41) is 0. The highest BCUT2D eigenvalue weighted by atomic mass is 19.4. The van der Waals surface area contributed by atoms with E-state index in [4.69, 9.17) is 4.74 Å². The van der Waals surface area contributed by atoms with Gasteiger partial charge in [-0.25, -0.2) is 0 Å². The van der Waals surface area contributed by atoms with Gasteiger partial charge in [0.2, 0.25) is 0 Å². The van der Waals surface area contributed by atoms with Gasteiger partial charge in [0, 0.05) is 0 Å². The van der Waals surface area contributed by atoms with E-state index in [9.17, 15) is 13.2 Å². The number of ether oxygens (including phenoxy) is 1. The molecule has 0 bridgehead atoms. The van der Waals surface area contributed by atoms with Gasteiger partial charge < -0.3 is 4.74 Å². The standard InChI is InChI=1S/C8H7F3O.2C4H10.C2H6/c1-12-7-4-2-6(3-5-7)8(9,10)11;2*1-3-4-2;1-2/h2-5H,1H3;2*3-4H2,1-2H3;1-2H3. The predicted octanol–water partition coefficient (Wildman–Crippen LogP) is 7.35. The van der Waals surface area contributed by atoms with Crippen LogP contribution < -0.4 is 4.74 Å². The number of hydrogen-bond acceptors (Lipinski definition) is 1. The Balaban J connectivity index is -0.000000301. The maximum absolute atomic E-state index is 12.0. The maximum Gasteiger partial charge on any atom is 0.416 e. The van der Waals surface area contributed by atoms with Gasteiger partial charge in [0.05, 0.1) is 12.7 Å². The summed E-state index contributed by atoms with van der Waals surface area (Å²) in [5.41, 5.74) is -0.664.